The number of imidazole rings is 1. The fourth-order valence-corrected chi connectivity index (χ4v) is 2.77. The van der Waals surface area contributed by atoms with Gasteiger partial charge < -0.3 is 9.72 Å². The van der Waals surface area contributed by atoms with E-state index in [-0.39, 0.29) is 0 Å². The quantitative estimate of drug-likeness (QED) is 0.708. The highest BCUT2D eigenvalue weighted by atomic mass is 35.5. The Labute approximate surface area is 126 Å². The molecule has 20 heavy (non-hydrogen) atoms. The molecule has 0 unspecified atom stereocenters. The number of aromatic amines is 1. The van der Waals surface area contributed by atoms with Gasteiger partial charge in [0.25, 0.3) is 0 Å². The van der Waals surface area contributed by atoms with Crippen LogP contribution >= 0.6 is 23.8 Å². The molecule has 0 saturated carbocycles. The summed E-state index contributed by atoms with van der Waals surface area (Å²) in [6, 6.07) is 13.5. The maximum absolute atomic E-state index is 6.28. The Bertz CT molecular complexity index is 822. The average molecular weight is 305 g/mol. The molecule has 0 atom stereocenters. The highest BCUT2D eigenvalue weighted by Crippen LogP contribution is 2.29. The van der Waals surface area contributed by atoms with Gasteiger partial charge in [0.05, 0.1) is 22.8 Å². The first-order valence-electron chi connectivity index (χ1n) is 6.34. The first kappa shape index (κ1) is 13.2. The molecule has 102 valence electrons. The summed E-state index contributed by atoms with van der Waals surface area (Å²) in [7, 11) is 0. The Balaban J connectivity index is 2.33. The van der Waals surface area contributed by atoms with E-state index in [0.717, 1.165) is 22.5 Å². The molecule has 2 aromatic carbocycles. The van der Waals surface area contributed by atoms with Gasteiger partial charge in [-0.3, -0.25) is 4.57 Å². The number of hydrogen-bond donors (Lipinski definition) is 1. The Kier molecular flexibility index (Phi) is 3.51. The molecule has 0 saturated heterocycles. The van der Waals surface area contributed by atoms with Gasteiger partial charge in [-0.25, -0.2) is 0 Å². The van der Waals surface area contributed by atoms with Crippen LogP contribution in [0, 0.1) is 4.77 Å². The van der Waals surface area contributed by atoms with Crippen LogP contribution in [0.15, 0.2) is 42.5 Å². The second kappa shape index (κ2) is 5.31. The lowest BCUT2D eigenvalue weighted by Crippen LogP contribution is -1.95. The number of nitrogens with one attached hydrogen (secondary N) is 1. The third-order valence-electron chi connectivity index (χ3n) is 3.07. The number of nitrogens with zero attached hydrogens (tertiary/aromatic N) is 1. The van der Waals surface area contributed by atoms with Gasteiger partial charge in [0.2, 0.25) is 0 Å². The molecule has 0 aliphatic heterocycles. The van der Waals surface area contributed by atoms with E-state index in [1.54, 1.807) is 0 Å². The van der Waals surface area contributed by atoms with Crippen LogP contribution < -0.4 is 4.74 Å². The van der Waals surface area contributed by atoms with Gasteiger partial charge in [0, 0.05) is 0 Å². The monoisotopic (exact) mass is 304 g/mol. The number of H-pyrrole nitrogens is 1. The van der Waals surface area contributed by atoms with E-state index < -0.39 is 0 Å². The van der Waals surface area contributed by atoms with Crippen molar-refractivity contribution in [2.45, 2.75) is 6.92 Å². The Morgan fingerprint density at radius 2 is 2.00 bits per heavy atom. The lowest BCUT2D eigenvalue weighted by Gasteiger charge is -2.08. The maximum Gasteiger partial charge on any atom is 0.182 e. The molecule has 1 heterocycles. The molecule has 5 heteroatoms. The summed E-state index contributed by atoms with van der Waals surface area (Å²) in [5.74, 6) is 0.793. The van der Waals surface area contributed by atoms with E-state index in [9.17, 15) is 0 Å². The van der Waals surface area contributed by atoms with E-state index in [2.05, 4.69) is 4.98 Å². The highest BCUT2D eigenvalue weighted by Gasteiger charge is 2.12. The lowest BCUT2D eigenvalue weighted by molar-refractivity contribution is 0.343. The lowest BCUT2D eigenvalue weighted by atomic mass is 10.2. The standard InChI is InChI=1S/C15H13ClN2OS/c1-2-19-13-9-5-8-12-14(13)17-15(20)18(12)11-7-4-3-6-10(11)16/h3-9H,2H2,1H3,(H,17,20). The van der Waals surface area contributed by atoms with Crippen molar-refractivity contribution in [3.05, 3.63) is 52.3 Å². The fraction of sp³-hybridized carbons (Fsp3) is 0.133. The van der Waals surface area contributed by atoms with Crippen molar-refractivity contribution < 1.29 is 4.74 Å². The van der Waals surface area contributed by atoms with Crippen molar-refractivity contribution in [1.29, 1.82) is 0 Å². The van der Waals surface area contributed by atoms with Crippen LogP contribution in [-0.2, 0) is 0 Å². The minimum absolute atomic E-state index is 0.597. The van der Waals surface area contributed by atoms with Crippen LogP contribution in [0.1, 0.15) is 6.92 Å². The molecule has 1 N–H and O–H groups in total. The molecule has 0 radical (unpaired) electrons. The molecular weight excluding hydrogens is 292 g/mol. The van der Waals surface area contributed by atoms with Gasteiger partial charge in [0.15, 0.2) is 4.77 Å². The molecule has 3 nitrogen and oxygen atoms in total. The first-order chi connectivity index (χ1) is 9.72. The summed E-state index contributed by atoms with van der Waals surface area (Å²) in [6.45, 7) is 2.56. The molecule has 0 bridgehead atoms. The van der Waals surface area contributed by atoms with Crippen molar-refractivity contribution >= 4 is 34.9 Å². The van der Waals surface area contributed by atoms with Crippen molar-refractivity contribution in [2.24, 2.45) is 0 Å². The van der Waals surface area contributed by atoms with Crippen LogP contribution in [0.3, 0.4) is 0 Å². The van der Waals surface area contributed by atoms with Crippen LogP contribution in [0.4, 0.5) is 0 Å². The minimum Gasteiger partial charge on any atom is -0.492 e. The predicted molar refractivity (Wildman–Crippen MR) is 84.6 cm³/mol. The zero-order valence-electron chi connectivity index (χ0n) is 10.9. The Morgan fingerprint density at radius 1 is 1.20 bits per heavy atom. The molecular formula is C15H13ClN2OS. The van der Waals surface area contributed by atoms with Gasteiger partial charge in [-0.2, -0.15) is 0 Å². The third-order valence-corrected chi connectivity index (χ3v) is 3.68. The maximum atomic E-state index is 6.28. The summed E-state index contributed by atoms with van der Waals surface area (Å²) in [4.78, 5) is 3.20. The van der Waals surface area contributed by atoms with Gasteiger partial charge in [-0.15, -0.1) is 0 Å². The van der Waals surface area contributed by atoms with Gasteiger partial charge in [0.1, 0.15) is 11.3 Å². The number of ether oxygens (including phenoxy) is 1. The second-order valence-electron chi connectivity index (χ2n) is 4.30. The van der Waals surface area contributed by atoms with Gasteiger partial charge >= 0.3 is 0 Å². The molecule has 3 aromatic rings. The molecule has 0 fully saturated rings. The van der Waals surface area contributed by atoms with E-state index in [1.807, 2.05) is 54.0 Å². The zero-order valence-corrected chi connectivity index (χ0v) is 12.5. The van der Waals surface area contributed by atoms with Crippen LogP contribution in [-0.4, -0.2) is 16.2 Å². The predicted octanol–water partition coefficient (Wildman–Crippen LogP) is 4.74. The normalized spacial score (nSPS) is 10.9. The number of benzene rings is 2. The van der Waals surface area contributed by atoms with Crippen molar-refractivity contribution in [3.63, 3.8) is 0 Å². The molecule has 0 amide bonds. The molecule has 0 aliphatic rings. The van der Waals surface area contributed by atoms with Crippen molar-refractivity contribution in [1.82, 2.24) is 9.55 Å². The van der Waals surface area contributed by atoms with E-state index in [0.29, 0.717) is 16.4 Å². The largest absolute Gasteiger partial charge is 0.492 e. The second-order valence-corrected chi connectivity index (χ2v) is 5.09. The summed E-state index contributed by atoms with van der Waals surface area (Å²) in [5, 5.41) is 0.659. The summed E-state index contributed by atoms with van der Waals surface area (Å²) in [6.07, 6.45) is 0. The first-order valence-corrected chi connectivity index (χ1v) is 7.12. The Hall–Kier alpha value is -1.78. The summed E-state index contributed by atoms with van der Waals surface area (Å²) >= 11 is 11.7. The summed E-state index contributed by atoms with van der Waals surface area (Å²) < 4.78 is 8.15. The minimum atomic E-state index is 0.597. The van der Waals surface area contributed by atoms with Crippen molar-refractivity contribution in [2.75, 3.05) is 6.61 Å². The van der Waals surface area contributed by atoms with Crippen LogP contribution in [0.5, 0.6) is 5.75 Å². The summed E-state index contributed by atoms with van der Waals surface area (Å²) in [5.41, 5.74) is 2.70. The number of halogens is 1. The van der Waals surface area contributed by atoms with Gasteiger partial charge in [-0.05, 0) is 43.4 Å². The smallest absolute Gasteiger partial charge is 0.182 e. The molecule has 3 rings (SSSR count). The van der Waals surface area contributed by atoms with Gasteiger partial charge in [-0.1, -0.05) is 29.8 Å². The fourth-order valence-electron chi connectivity index (χ4n) is 2.25. The number of para-hydroxylation sites is 2. The topological polar surface area (TPSA) is 29.9 Å². The zero-order chi connectivity index (χ0) is 14.1. The van der Waals surface area contributed by atoms with Crippen LogP contribution in [0.25, 0.3) is 16.7 Å². The number of hydrogen-bond acceptors (Lipinski definition) is 2. The van der Waals surface area contributed by atoms with Crippen LogP contribution in [0.2, 0.25) is 5.02 Å². The van der Waals surface area contributed by atoms with Crippen molar-refractivity contribution in [3.8, 4) is 11.4 Å². The van der Waals surface area contributed by atoms with E-state index >= 15 is 0 Å². The number of fused-ring (bicyclic) bond motifs is 1. The number of rotatable bonds is 3. The average Bonchev–Trinajstić information content (AvgIpc) is 2.77. The number of aromatic nitrogens is 2. The molecule has 0 aliphatic carbocycles. The third kappa shape index (κ3) is 2.11. The van der Waals surface area contributed by atoms with E-state index in [1.165, 1.54) is 0 Å². The Morgan fingerprint density at radius 3 is 2.75 bits per heavy atom. The SMILES string of the molecule is CCOc1cccc2c1[nH]c(=S)n2-c1ccccc1Cl. The molecule has 1 aromatic heterocycles. The highest BCUT2D eigenvalue weighted by molar-refractivity contribution is 7.71. The van der Waals surface area contributed by atoms with E-state index in [4.69, 9.17) is 28.6 Å². The molecule has 0 spiro atoms.